The number of aromatic nitrogens is 2. The second-order valence-electron chi connectivity index (χ2n) is 8.73. The summed E-state index contributed by atoms with van der Waals surface area (Å²) < 4.78 is 40.8. The van der Waals surface area contributed by atoms with Gasteiger partial charge < -0.3 is 14.8 Å². The summed E-state index contributed by atoms with van der Waals surface area (Å²) in [6, 6.07) is -0.268. The zero-order valence-corrected chi connectivity index (χ0v) is 16.4. The van der Waals surface area contributed by atoms with E-state index in [2.05, 4.69) is 10.4 Å². The standard InChI is InChI=1S/C19H29F2N3O3/c1-12-16(10-24(23-12)14-6-5-7-14)26-11-13-8-19(20,21)9-15(13)22-17(25)27-18(2,3)4/h10,13-15H,5-9,11H2,1-4H3,(H,22,25). The van der Waals surface area contributed by atoms with Gasteiger partial charge >= 0.3 is 6.09 Å². The summed E-state index contributed by atoms with van der Waals surface area (Å²) >= 11 is 0. The van der Waals surface area contributed by atoms with Crippen LogP contribution in [0.3, 0.4) is 0 Å². The molecule has 2 fully saturated rings. The Balaban J connectivity index is 1.60. The number of ether oxygens (including phenoxy) is 2. The molecular weight excluding hydrogens is 356 g/mol. The Labute approximate surface area is 158 Å². The number of hydrogen-bond acceptors (Lipinski definition) is 4. The van der Waals surface area contributed by atoms with Crippen LogP contribution in [0.4, 0.5) is 13.6 Å². The van der Waals surface area contributed by atoms with Gasteiger partial charge in [0.1, 0.15) is 11.3 Å². The number of hydrogen-bond donors (Lipinski definition) is 1. The highest BCUT2D eigenvalue weighted by Gasteiger charge is 2.47. The number of amides is 1. The molecule has 1 aromatic rings. The lowest BCUT2D eigenvalue weighted by Gasteiger charge is -2.25. The van der Waals surface area contributed by atoms with Gasteiger partial charge in [-0.2, -0.15) is 5.10 Å². The Kier molecular flexibility index (Phi) is 5.36. The van der Waals surface area contributed by atoms with Crippen LogP contribution < -0.4 is 10.1 Å². The van der Waals surface area contributed by atoms with Gasteiger partial charge in [0.15, 0.2) is 5.75 Å². The van der Waals surface area contributed by atoms with Crippen LogP contribution in [0, 0.1) is 12.8 Å². The lowest BCUT2D eigenvalue weighted by Crippen LogP contribution is -2.42. The lowest BCUT2D eigenvalue weighted by molar-refractivity contribution is 0.00164. The fourth-order valence-electron chi connectivity index (χ4n) is 3.54. The summed E-state index contributed by atoms with van der Waals surface area (Å²) in [5, 5.41) is 7.06. The number of rotatable bonds is 5. The van der Waals surface area contributed by atoms with E-state index in [9.17, 15) is 13.6 Å². The third-order valence-corrected chi connectivity index (χ3v) is 5.12. The first-order chi connectivity index (χ1) is 12.5. The number of alkyl carbamates (subject to hydrolysis) is 1. The summed E-state index contributed by atoms with van der Waals surface area (Å²) in [6.07, 6.45) is 3.87. The maximum atomic E-state index is 13.9. The van der Waals surface area contributed by atoms with Crippen molar-refractivity contribution in [2.24, 2.45) is 5.92 Å². The van der Waals surface area contributed by atoms with Gasteiger partial charge in [-0.3, -0.25) is 4.68 Å². The van der Waals surface area contributed by atoms with Crippen LogP contribution in [0.2, 0.25) is 0 Å². The lowest BCUT2D eigenvalue weighted by atomic mass is 9.93. The molecule has 2 aliphatic rings. The molecule has 3 rings (SSSR count). The topological polar surface area (TPSA) is 65.4 Å². The molecule has 2 unspecified atom stereocenters. The minimum atomic E-state index is -2.82. The number of halogens is 2. The number of aryl methyl sites for hydroxylation is 1. The fourth-order valence-corrected chi connectivity index (χ4v) is 3.54. The Morgan fingerprint density at radius 3 is 2.67 bits per heavy atom. The van der Waals surface area contributed by atoms with E-state index in [-0.39, 0.29) is 13.0 Å². The number of alkyl halides is 2. The molecule has 1 N–H and O–H groups in total. The Morgan fingerprint density at radius 1 is 1.37 bits per heavy atom. The Hall–Kier alpha value is -1.86. The molecule has 8 heteroatoms. The molecule has 0 bridgehead atoms. The van der Waals surface area contributed by atoms with Gasteiger partial charge in [0.2, 0.25) is 0 Å². The highest BCUT2D eigenvalue weighted by Crippen LogP contribution is 2.40. The molecular formula is C19H29F2N3O3. The van der Waals surface area contributed by atoms with Crippen LogP contribution in [0.15, 0.2) is 6.20 Å². The maximum absolute atomic E-state index is 13.9. The van der Waals surface area contributed by atoms with Crippen LogP contribution >= 0.6 is 0 Å². The largest absolute Gasteiger partial charge is 0.490 e. The molecule has 1 heterocycles. The molecule has 2 saturated carbocycles. The molecule has 0 aromatic carbocycles. The van der Waals surface area contributed by atoms with Crippen molar-refractivity contribution in [1.29, 1.82) is 0 Å². The van der Waals surface area contributed by atoms with Gasteiger partial charge in [-0.05, 0) is 47.0 Å². The van der Waals surface area contributed by atoms with Crippen molar-refractivity contribution >= 4 is 6.09 Å². The fraction of sp³-hybridized carbons (Fsp3) is 0.789. The average Bonchev–Trinajstić information content (AvgIpc) is 2.92. The van der Waals surface area contributed by atoms with E-state index in [1.807, 2.05) is 17.8 Å². The van der Waals surface area contributed by atoms with Crippen molar-refractivity contribution in [3.8, 4) is 5.75 Å². The molecule has 6 nitrogen and oxygen atoms in total. The summed E-state index contributed by atoms with van der Waals surface area (Å²) in [4.78, 5) is 12.0. The molecule has 27 heavy (non-hydrogen) atoms. The minimum Gasteiger partial charge on any atom is -0.490 e. The summed E-state index contributed by atoms with van der Waals surface area (Å²) in [5.41, 5.74) is 0.0769. The maximum Gasteiger partial charge on any atom is 0.407 e. The van der Waals surface area contributed by atoms with E-state index in [0.29, 0.717) is 11.8 Å². The molecule has 0 radical (unpaired) electrons. The number of carbonyl (C=O) groups is 1. The summed E-state index contributed by atoms with van der Waals surface area (Å²) in [6.45, 7) is 7.16. The number of nitrogens with zero attached hydrogens (tertiary/aromatic N) is 2. The van der Waals surface area contributed by atoms with Gasteiger partial charge in [-0.25, -0.2) is 13.6 Å². The van der Waals surface area contributed by atoms with Gasteiger partial charge in [-0.1, -0.05) is 0 Å². The quantitative estimate of drug-likeness (QED) is 0.824. The average molecular weight is 385 g/mol. The van der Waals surface area contributed by atoms with Crippen molar-refractivity contribution in [3.05, 3.63) is 11.9 Å². The highest BCUT2D eigenvalue weighted by atomic mass is 19.3. The second-order valence-corrected chi connectivity index (χ2v) is 8.73. The Bertz CT molecular complexity index is 680. The number of carbonyl (C=O) groups excluding carboxylic acids is 1. The zero-order chi connectivity index (χ0) is 19.8. The van der Waals surface area contributed by atoms with Crippen molar-refractivity contribution in [2.45, 2.75) is 83.4 Å². The summed E-state index contributed by atoms with van der Waals surface area (Å²) in [5.74, 6) is -2.69. The normalized spacial score (nSPS) is 25.1. The van der Waals surface area contributed by atoms with E-state index in [1.165, 1.54) is 6.42 Å². The van der Waals surface area contributed by atoms with E-state index in [4.69, 9.17) is 9.47 Å². The SMILES string of the molecule is Cc1nn(C2CCC2)cc1OCC1CC(F)(F)CC1NC(=O)OC(C)(C)C. The Morgan fingerprint density at radius 2 is 2.07 bits per heavy atom. The van der Waals surface area contributed by atoms with Crippen molar-refractivity contribution in [3.63, 3.8) is 0 Å². The van der Waals surface area contributed by atoms with E-state index in [0.717, 1.165) is 18.5 Å². The first-order valence-corrected chi connectivity index (χ1v) is 9.58. The molecule has 2 aliphatic carbocycles. The monoisotopic (exact) mass is 385 g/mol. The van der Waals surface area contributed by atoms with Gasteiger partial charge in [0, 0.05) is 24.8 Å². The third-order valence-electron chi connectivity index (χ3n) is 5.12. The van der Waals surface area contributed by atoms with Crippen LogP contribution in [0.1, 0.15) is 64.6 Å². The second kappa shape index (κ2) is 7.28. The molecule has 152 valence electrons. The van der Waals surface area contributed by atoms with Crippen molar-refractivity contribution < 1.29 is 23.0 Å². The smallest absolute Gasteiger partial charge is 0.407 e. The van der Waals surface area contributed by atoms with E-state index in [1.54, 1.807) is 20.8 Å². The van der Waals surface area contributed by atoms with Crippen molar-refractivity contribution in [1.82, 2.24) is 15.1 Å². The zero-order valence-electron chi connectivity index (χ0n) is 16.4. The molecule has 1 amide bonds. The molecule has 1 aromatic heterocycles. The third kappa shape index (κ3) is 5.11. The first kappa shape index (κ1) is 19.9. The number of nitrogens with one attached hydrogen (secondary N) is 1. The summed E-state index contributed by atoms with van der Waals surface area (Å²) in [7, 11) is 0. The van der Waals surface area contributed by atoms with Crippen LogP contribution in [0.5, 0.6) is 5.75 Å². The predicted molar refractivity (Wildman–Crippen MR) is 96.2 cm³/mol. The molecule has 0 saturated heterocycles. The molecule has 2 atom stereocenters. The van der Waals surface area contributed by atoms with E-state index < -0.39 is 36.0 Å². The van der Waals surface area contributed by atoms with Crippen LogP contribution in [-0.2, 0) is 4.74 Å². The van der Waals surface area contributed by atoms with Gasteiger partial charge in [0.25, 0.3) is 5.92 Å². The molecule has 0 aliphatic heterocycles. The van der Waals surface area contributed by atoms with Crippen LogP contribution in [-0.4, -0.2) is 40.0 Å². The minimum absolute atomic E-state index is 0.104. The first-order valence-electron chi connectivity index (χ1n) is 9.58. The highest BCUT2D eigenvalue weighted by molar-refractivity contribution is 5.68. The van der Waals surface area contributed by atoms with Gasteiger partial charge in [0.05, 0.1) is 18.8 Å². The van der Waals surface area contributed by atoms with Gasteiger partial charge in [-0.15, -0.1) is 0 Å². The molecule has 0 spiro atoms. The van der Waals surface area contributed by atoms with E-state index >= 15 is 0 Å². The van der Waals surface area contributed by atoms with Crippen molar-refractivity contribution in [2.75, 3.05) is 6.61 Å². The predicted octanol–water partition coefficient (Wildman–Crippen LogP) is 4.23. The van der Waals surface area contributed by atoms with Crippen LogP contribution in [0.25, 0.3) is 0 Å².